The van der Waals surface area contributed by atoms with Gasteiger partial charge in [-0.3, -0.25) is 9.59 Å². The predicted octanol–water partition coefficient (Wildman–Crippen LogP) is 3.16. The van der Waals surface area contributed by atoms with E-state index in [0.717, 1.165) is 40.7 Å². The number of nitrogens with zero attached hydrogens (tertiary/aromatic N) is 4. The molecule has 9 nitrogen and oxygen atoms in total. The Kier molecular flexibility index (Phi) is 5.82. The number of rotatable bonds is 7. The van der Waals surface area contributed by atoms with Gasteiger partial charge in [0.2, 0.25) is 11.8 Å². The lowest BCUT2D eigenvalue weighted by atomic mass is 9.85. The quantitative estimate of drug-likeness (QED) is 0.422. The normalized spacial score (nSPS) is 19.2. The molecule has 0 bridgehead atoms. The molecular weight excluding hydrogens is 470 g/mol. The van der Waals surface area contributed by atoms with Crippen LogP contribution in [-0.2, 0) is 22.6 Å². The number of piperazine rings is 1. The van der Waals surface area contributed by atoms with Gasteiger partial charge < -0.3 is 28.8 Å². The predicted molar refractivity (Wildman–Crippen MR) is 137 cm³/mol. The number of hydrogen-bond donors (Lipinski definition) is 1. The van der Waals surface area contributed by atoms with Gasteiger partial charge >= 0.3 is 0 Å². The lowest BCUT2D eigenvalue weighted by Crippen LogP contribution is -2.63. The maximum atomic E-state index is 13.9. The molecular formula is C28H29N5O4. The molecule has 1 N–H and O–H groups in total. The zero-order valence-electron chi connectivity index (χ0n) is 20.9. The molecule has 6 rings (SSSR count). The zero-order chi connectivity index (χ0) is 25.5. The maximum absolute atomic E-state index is 13.9. The molecule has 4 heterocycles. The van der Waals surface area contributed by atoms with Crippen LogP contribution in [0.15, 0.2) is 61.2 Å². The number of nitrogens with one attached hydrogen (secondary N) is 1. The monoisotopic (exact) mass is 499 g/mol. The van der Waals surface area contributed by atoms with Crippen molar-refractivity contribution in [3.05, 3.63) is 78.0 Å². The molecule has 2 amide bonds. The van der Waals surface area contributed by atoms with Gasteiger partial charge in [-0.1, -0.05) is 18.2 Å². The van der Waals surface area contributed by atoms with Crippen LogP contribution in [0.1, 0.15) is 29.3 Å². The van der Waals surface area contributed by atoms with E-state index in [9.17, 15) is 9.59 Å². The number of para-hydroxylation sites is 1. The largest absolute Gasteiger partial charge is 0.497 e. The fourth-order valence-electron chi connectivity index (χ4n) is 5.75. The lowest BCUT2D eigenvalue weighted by Gasteiger charge is -2.47. The highest BCUT2D eigenvalue weighted by Crippen LogP contribution is 2.45. The Morgan fingerprint density at radius 3 is 2.73 bits per heavy atom. The molecule has 0 spiro atoms. The first kappa shape index (κ1) is 23.1. The van der Waals surface area contributed by atoms with Crippen molar-refractivity contribution in [2.45, 2.75) is 31.5 Å². The third-order valence-electron chi connectivity index (χ3n) is 7.48. The number of H-pyrrole nitrogens is 1. The van der Waals surface area contributed by atoms with Crippen LogP contribution in [-0.4, -0.2) is 69.5 Å². The standard InChI is InChI=1S/C28H29N5O4/c1-36-18-8-9-24(37-2)21(14-18)27-26-20(19-6-3-4-7-22(19)30-26)15-23-28(35)32(16-25(34)33(23)27)12-5-11-31-13-10-29-17-31/h3-4,6-10,13-14,17,23,27,30H,5,11-12,15-16H2,1-2H3/t23-,27?/m0/s1. The van der Waals surface area contributed by atoms with Gasteiger partial charge in [0, 0.05) is 54.1 Å². The smallest absolute Gasteiger partial charge is 0.246 e. The summed E-state index contributed by atoms with van der Waals surface area (Å²) in [6.07, 6.45) is 6.60. The second-order valence-corrected chi connectivity index (χ2v) is 9.51. The first-order valence-corrected chi connectivity index (χ1v) is 12.5. The van der Waals surface area contributed by atoms with Crippen molar-refractivity contribution in [3.63, 3.8) is 0 Å². The average Bonchev–Trinajstić information content (AvgIpc) is 3.57. The Morgan fingerprint density at radius 1 is 1.08 bits per heavy atom. The van der Waals surface area contributed by atoms with Crippen molar-refractivity contribution in [1.82, 2.24) is 24.3 Å². The summed E-state index contributed by atoms with van der Waals surface area (Å²) < 4.78 is 13.2. The van der Waals surface area contributed by atoms with E-state index in [1.54, 1.807) is 36.5 Å². The molecule has 2 aromatic carbocycles. The highest BCUT2D eigenvalue weighted by atomic mass is 16.5. The molecule has 2 aromatic heterocycles. The first-order valence-electron chi connectivity index (χ1n) is 12.5. The molecule has 2 atom stereocenters. The number of aromatic amines is 1. The van der Waals surface area contributed by atoms with E-state index < -0.39 is 12.1 Å². The summed E-state index contributed by atoms with van der Waals surface area (Å²) in [5, 5.41) is 1.07. The summed E-state index contributed by atoms with van der Waals surface area (Å²) in [5.41, 5.74) is 3.75. The number of benzene rings is 2. The minimum absolute atomic E-state index is 0.0203. The van der Waals surface area contributed by atoms with Crippen LogP contribution in [0.3, 0.4) is 0 Å². The Hall–Kier alpha value is -4.27. The molecule has 190 valence electrons. The number of imidazole rings is 1. The molecule has 0 radical (unpaired) electrons. The summed E-state index contributed by atoms with van der Waals surface area (Å²) in [6, 6.07) is 12.6. The van der Waals surface area contributed by atoms with Crippen molar-refractivity contribution in [2.75, 3.05) is 27.3 Å². The van der Waals surface area contributed by atoms with Crippen LogP contribution >= 0.6 is 0 Å². The van der Waals surface area contributed by atoms with Gasteiger partial charge in [0.25, 0.3) is 0 Å². The highest BCUT2D eigenvalue weighted by molar-refractivity contribution is 5.97. The molecule has 2 aliphatic rings. The average molecular weight is 500 g/mol. The summed E-state index contributed by atoms with van der Waals surface area (Å²) in [4.78, 5) is 38.7. The van der Waals surface area contributed by atoms with E-state index in [-0.39, 0.29) is 18.4 Å². The van der Waals surface area contributed by atoms with Gasteiger partial charge in [0.15, 0.2) is 0 Å². The summed E-state index contributed by atoms with van der Waals surface area (Å²) >= 11 is 0. The van der Waals surface area contributed by atoms with Crippen molar-refractivity contribution in [2.24, 2.45) is 0 Å². The Balaban J connectivity index is 1.41. The van der Waals surface area contributed by atoms with E-state index in [1.807, 2.05) is 47.2 Å². The van der Waals surface area contributed by atoms with Crippen LogP contribution in [0.25, 0.3) is 10.9 Å². The van der Waals surface area contributed by atoms with Crippen molar-refractivity contribution in [3.8, 4) is 11.5 Å². The zero-order valence-corrected chi connectivity index (χ0v) is 20.9. The molecule has 2 aliphatic heterocycles. The van der Waals surface area contributed by atoms with Gasteiger partial charge in [-0.2, -0.15) is 0 Å². The molecule has 0 saturated carbocycles. The molecule has 1 saturated heterocycles. The van der Waals surface area contributed by atoms with Crippen LogP contribution in [0.4, 0.5) is 0 Å². The molecule has 37 heavy (non-hydrogen) atoms. The number of carbonyl (C=O) groups excluding carboxylic acids is 2. The number of carbonyl (C=O) groups is 2. The second-order valence-electron chi connectivity index (χ2n) is 9.51. The number of aromatic nitrogens is 3. The van der Waals surface area contributed by atoms with Gasteiger partial charge in [0.1, 0.15) is 23.6 Å². The molecule has 1 unspecified atom stereocenters. The van der Waals surface area contributed by atoms with E-state index in [0.29, 0.717) is 24.5 Å². The first-order chi connectivity index (χ1) is 18.1. The van der Waals surface area contributed by atoms with Crippen molar-refractivity contribution in [1.29, 1.82) is 0 Å². The van der Waals surface area contributed by atoms with Gasteiger partial charge in [-0.15, -0.1) is 0 Å². The van der Waals surface area contributed by atoms with E-state index in [2.05, 4.69) is 16.0 Å². The summed E-state index contributed by atoms with van der Waals surface area (Å²) in [6.45, 7) is 1.31. The third-order valence-corrected chi connectivity index (χ3v) is 7.48. The van der Waals surface area contributed by atoms with E-state index in [4.69, 9.17) is 9.47 Å². The number of aryl methyl sites for hydroxylation is 1. The van der Waals surface area contributed by atoms with E-state index >= 15 is 0 Å². The van der Waals surface area contributed by atoms with Crippen LogP contribution in [0.5, 0.6) is 11.5 Å². The Labute approximate surface area is 214 Å². The summed E-state index contributed by atoms with van der Waals surface area (Å²) in [5.74, 6) is 1.20. The Bertz CT molecular complexity index is 1460. The minimum Gasteiger partial charge on any atom is -0.497 e. The van der Waals surface area contributed by atoms with Crippen molar-refractivity contribution < 1.29 is 19.1 Å². The van der Waals surface area contributed by atoms with E-state index in [1.165, 1.54) is 0 Å². The Morgan fingerprint density at radius 2 is 1.95 bits per heavy atom. The SMILES string of the molecule is COc1ccc(OC)c(C2c3[nH]c4ccccc4c3C[C@H]3C(=O)N(CCCn4ccnc4)CC(=O)N23)c1. The third kappa shape index (κ3) is 3.91. The van der Waals surface area contributed by atoms with Crippen LogP contribution < -0.4 is 9.47 Å². The topological polar surface area (TPSA) is 92.7 Å². The second kappa shape index (κ2) is 9.31. The lowest BCUT2D eigenvalue weighted by molar-refractivity contribution is -0.158. The number of hydrogen-bond acceptors (Lipinski definition) is 5. The number of fused-ring (bicyclic) bond motifs is 4. The summed E-state index contributed by atoms with van der Waals surface area (Å²) in [7, 11) is 3.23. The maximum Gasteiger partial charge on any atom is 0.246 e. The fraction of sp³-hybridized carbons (Fsp3) is 0.321. The number of amides is 2. The van der Waals surface area contributed by atoms with Crippen LogP contribution in [0.2, 0.25) is 0 Å². The fourth-order valence-corrected chi connectivity index (χ4v) is 5.75. The molecule has 4 aromatic rings. The molecule has 1 fully saturated rings. The van der Waals surface area contributed by atoms with Crippen LogP contribution in [0, 0.1) is 0 Å². The molecule has 9 heteroatoms. The van der Waals surface area contributed by atoms with Gasteiger partial charge in [-0.25, -0.2) is 4.98 Å². The van der Waals surface area contributed by atoms with Gasteiger partial charge in [-0.05, 0) is 36.2 Å². The minimum atomic E-state index is -0.595. The number of methoxy groups -OCH3 is 2. The highest BCUT2D eigenvalue weighted by Gasteiger charge is 2.48. The molecule has 0 aliphatic carbocycles. The number of ether oxygens (including phenoxy) is 2. The van der Waals surface area contributed by atoms with Crippen molar-refractivity contribution >= 4 is 22.7 Å². The van der Waals surface area contributed by atoms with Gasteiger partial charge in [0.05, 0.1) is 27.1 Å².